The van der Waals surface area contributed by atoms with Gasteiger partial charge in [0.15, 0.2) is 0 Å². The molecule has 1 rings (SSSR count). The van der Waals surface area contributed by atoms with Crippen molar-refractivity contribution in [3.05, 3.63) is 24.0 Å². The Morgan fingerprint density at radius 3 is 2.61 bits per heavy atom. The normalized spacial score (nSPS) is 12.0. The molecule has 0 fully saturated rings. The van der Waals surface area contributed by atoms with E-state index in [-0.39, 0.29) is 12.2 Å². The molecule has 0 aliphatic carbocycles. The van der Waals surface area contributed by atoms with Crippen LogP contribution in [0.25, 0.3) is 0 Å². The van der Waals surface area contributed by atoms with Gasteiger partial charge >= 0.3 is 0 Å². The first-order chi connectivity index (χ1) is 8.34. The molecule has 0 saturated heterocycles. The highest BCUT2D eigenvalue weighted by Crippen LogP contribution is 2.21. The van der Waals surface area contributed by atoms with E-state index in [2.05, 4.69) is 18.6 Å². The van der Waals surface area contributed by atoms with Crippen LogP contribution in [-0.4, -0.2) is 15.0 Å². The van der Waals surface area contributed by atoms with Crippen LogP contribution >= 0.6 is 0 Å². The molecule has 18 heavy (non-hydrogen) atoms. The maximum absolute atomic E-state index is 13.5. The number of hydrogen-bond donors (Lipinski definition) is 2. The lowest BCUT2D eigenvalue weighted by molar-refractivity contribution is 0.534. The van der Waals surface area contributed by atoms with E-state index in [0.29, 0.717) is 12.3 Å². The van der Waals surface area contributed by atoms with Crippen LogP contribution in [0.15, 0.2) is 23.1 Å². The van der Waals surface area contributed by atoms with E-state index in [1.165, 1.54) is 12.1 Å². The minimum atomic E-state index is -3.87. The second-order valence-electron chi connectivity index (χ2n) is 4.59. The van der Waals surface area contributed by atoms with Gasteiger partial charge in [0.2, 0.25) is 10.0 Å². The van der Waals surface area contributed by atoms with Crippen LogP contribution in [0, 0.1) is 11.7 Å². The molecule has 1 aromatic rings. The first-order valence-corrected chi connectivity index (χ1v) is 7.36. The molecule has 0 unspecified atom stereocenters. The van der Waals surface area contributed by atoms with Crippen LogP contribution in [0.3, 0.4) is 0 Å². The summed E-state index contributed by atoms with van der Waals surface area (Å²) in [6.45, 7) is 4.40. The van der Waals surface area contributed by atoms with Crippen LogP contribution in [0.5, 0.6) is 0 Å². The van der Waals surface area contributed by atoms with Crippen molar-refractivity contribution in [1.29, 1.82) is 0 Å². The van der Waals surface area contributed by atoms with E-state index in [4.69, 9.17) is 5.73 Å². The molecule has 0 aliphatic rings. The van der Waals surface area contributed by atoms with Crippen molar-refractivity contribution in [2.45, 2.75) is 31.6 Å². The van der Waals surface area contributed by atoms with Crippen LogP contribution in [0.4, 0.5) is 10.1 Å². The molecule has 0 atom stereocenters. The van der Waals surface area contributed by atoms with Crippen molar-refractivity contribution >= 4 is 15.7 Å². The van der Waals surface area contributed by atoms with Crippen molar-refractivity contribution in [3.8, 4) is 0 Å². The zero-order valence-electron chi connectivity index (χ0n) is 10.6. The summed E-state index contributed by atoms with van der Waals surface area (Å²) >= 11 is 0. The van der Waals surface area contributed by atoms with Gasteiger partial charge in [0.1, 0.15) is 10.7 Å². The van der Waals surface area contributed by atoms with E-state index in [1.807, 2.05) is 0 Å². The molecule has 6 heteroatoms. The molecular formula is C12H19FN2O2S. The molecule has 102 valence electrons. The van der Waals surface area contributed by atoms with Gasteiger partial charge in [0.05, 0.1) is 5.69 Å². The van der Waals surface area contributed by atoms with Gasteiger partial charge in [0, 0.05) is 6.54 Å². The quantitative estimate of drug-likeness (QED) is 0.616. The standard InChI is InChI=1S/C12H19FN2O2S/c1-9(2)5-4-8-15-18(16,17)12-10(13)6-3-7-11(12)14/h3,6-7,9,15H,4-5,8,14H2,1-2H3. The molecule has 4 nitrogen and oxygen atoms in total. The Bertz CT molecular complexity index is 481. The maximum atomic E-state index is 13.5. The van der Waals surface area contributed by atoms with E-state index in [1.54, 1.807) is 0 Å². The molecule has 0 amide bonds. The molecular weight excluding hydrogens is 255 g/mol. The Balaban J connectivity index is 2.75. The Morgan fingerprint density at radius 1 is 1.39 bits per heavy atom. The largest absolute Gasteiger partial charge is 0.398 e. The predicted molar refractivity (Wildman–Crippen MR) is 70.1 cm³/mol. The summed E-state index contributed by atoms with van der Waals surface area (Å²) < 4.78 is 39.6. The minimum Gasteiger partial charge on any atom is -0.398 e. The zero-order valence-corrected chi connectivity index (χ0v) is 11.4. The topological polar surface area (TPSA) is 72.2 Å². The summed E-state index contributed by atoms with van der Waals surface area (Å²) in [5.74, 6) is -0.320. The number of sulfonamides is 1. The third-order valence-electron chi connectivity index (χ3n) is 2.52. The second-order valence-corrected chi connectivity index (χ2v) is 6.30. The van der Waals surface area contributed by atoms with Crippen molar-refractivity contribution in [1.82, 2.24) is 4.72 Å². The summed E-state index contributed by atoms with van der Waals surface area (Å²) in [5.41, 5.74) is 5.42. The van der Waals surface area contributed by atoms with Crippen LogP contribution in [-0.2, 0) is 10.0 Å². The fraction of sp³-hybridized carbons (Fsp3) is 0.500. The van der Waals surface area contributed by atoms with Gasteiger partial charge in [-0.2, -0.15) is 0 Å². The van der Waals surface area contributed by atoms with Gasteiger partial charge < -0.3 is 5.73 Å². The number of nitrogens with one attached hydrogen (secondary N) is 1. The first kappa shape index (κ1) is 14.9. The Morgan fingerprint density at radius 2 is 2.06 bits per heavy atom. The van der Waals surface area contributed by atoms with Crippen molar-refractivity contribution in [2.75, 3.05) is 12.3 Å². The summed E-state index contributed by atoms with van der Waals surface area (Å²) in [7, 11) is -3.87. The number of rotatable bonds is 6. The minimum absolute atomic E-state index is 0.0774. The number of halogens is 1. The monoisotopic (exact) mass is 274 g/mol. The van der Waals surface area contributed by atoms with Gasteiger partial charge in [-0.1, -0.05) is 19.9 Å². The van der Waals surface area contributed by atoms with Gasteiger partial charge in [0.25, 0.3) is 0 Å². The van der Waals surface area contributed by atoms with Crippen molar-refractivity contribution < 1.29 is 12.8 Å². The van der Waals surface area contributed by atoms with Crippen LogP contribution in [0.2, 0.25) is 0 Å². The number of nitrogen functional groups attached to an aromatic ring is 1. The third kappa shape index (κ3) is 3.96. The molecule has 0 aromatic heterocycles. The number of nitrogens with two attached hydrogens (primary N) is 1. The van der Waals surface area contributed by atoms with Gasteiger partial charge in [-0.05, 0) is 30.9 Å². The summed E-state index contributed by atoms with van der Waals surface area (Å²) in [6, 6.07) is 3.83. The lowest BCUT2D eigenvalue weighted by Crippen LogP contribution is -2.26. The van der Waals surface area contributed by atoms with E-state index < -0.39 is 20.7 Å². The highest BCUT2D eigenvalue weighted by atomic mass is 32.2. The molecule has 0 spiro atoms. The molecule has 0 saturated carbocycles. The fourth-order valence-electron chi connectivity index (χ4n) is 1.60. The lowest BCUT2D eigenvalue weighted by atomic mass is 10.1. The SMILES string of the molecule is CC(C)CCCNS(=O)(=O)c1c(N)cccc1F. The summed E-state index contributed by atoms with van der Waals surface area (Å²) in [5, 5.41) is 0. The van der Waals surface area contributed by atoms with E-state index >= 15 is 0 Å². The Kier molecular flexibility index (Phi) is 5.10. The average molecular weight is 274 g/mol. The molecule has 1 aromatic carbocycles. The van der Waals surface area contributed by atoms with Crippen LogP contribution in [0.1, 0.15) is 26.7 Å². The molecule has 0 radical (unpaired) electrons. The van der Waals surface area contributed by atoms with Crippen LogP contribution < -0.4 is 10.5 Å². The van der Waals surface area contributed by atoms with E-state index in [0.717, 1.165) is 12.5 Å². The van der Waals surface area contributed by atoms with Gasteiger partial charge in [-0.3, -0.25) is 0 Å². The first-order valence-electron chi connectivity index (χ1n) is 5.88. The average Bonchev–Trinajstić information content (AvgIpc) is 2.23. The van der Waals surface area contributed by atoms with Crippen molar-refractivity contribution in [2.24, 2.45) is 5.92 Å². The molecule has 3 N–H and O–H groups in total. The summed E-state index contributed by atoms with van der Waals surface area (Å²) in [4.78, 5) is -0.463. The summed E-state index contributed by atoms with van der Waals surface area (Å²) in [6.07, 6.45) is 1.63. The highest BCUT2D eigenvalue weighted by Gasteiger charge is 2.21. The van der Waals surface area contributed by atoms with Gasteiger partial charge in [-0.15, -0.1) is 0 Å². The predicted octanol–water partition coefficient (Wildman–Crippen LogP) is 2.12. The Labute approximate surface area is 107 Å². The third-order valence-corrected chi connectivity index (χ3v) is 4.07. The lowest BCUT2D eigenvalue weighted by Gasteiger charge is -2.10. The smallest absolute Gasteiger partial charge is 0.245 e. The molecule has 0 bridgehead atoms. The Hall–Kier alpha value is -1.14. The second kappa shape index (κ2) is 6.15. The van der Waals surface area contributed by atoms with Gasteiger partial charge in [-0.25, -0.2) is 17.5 Å². The highest BCUT2D eigenvalue weighted by molar-refractivity contribution is 7.89. The maximum Gasteiger partial charge on any atom is 0.245 e. The number of hydrogen-bond acceptors (Lipinski definition) is 3. The molecule has 0 heterocycles. The zero-order chi connectivity index (χ0) is 13.8. The van der Waals surface area contributed by atoms with E-state index in [9.17, 15) is 12.8 Å². The molecule has 0 aliphatic heterocycles. The van der Waals surface area contributed by atoms with Crippen molar-refractivity contribution in [3.63, 3.8) is 0 Å². The fourth-order valence-corrected chi connectivity index (χ4v) is 2.86. The number of benzene rings is 1. The number of anilines is 1.